The lowest BCUT2D eigenvalue weighted by molar-refractivity contribution is -0.143. The van der Waals surface area contributed by atoms with Gasteiger partial charge in [0.25, 0.3) is 5.91 Å². The standard InChI is InChI=1S/C18H22N2O5S/c1-6-25-15(21)10-20(3)18(22)16-11(2)19-17(26-16)12-7-8-13(23-4)14(9-12)24-5/h7-9H,6,10H2,1-5H3. The predicted molar refractivity (Wildman–Crippen MR) is 99.0 cm³/mol. The van der Waals surface area contributed by atoms with E-state index in [1.54, 1.807) is 41.2 Å². The number of benzene rings is 1. The minimum absolute atomic E-state index is 0.101. The summed E-state index contributed by atoms with van der Waals surface area (Å²) in [5.41, 5.74) is 1.43. The zero-order valence-corrected chi connectivity index (χ0v) is 16.3. The van der Waals surface area contributed by atoms with Crippen molar-refractivity contribution < 1.29 is 23.8 Å². The molecule has 7 nitrogen and oxygen atoms in total. The fourth-order valence-corrected chi connectivity index (χ4v) is 3.39. The second kappa shape index (κ2) is 8.66. The largest absolute Gasteiger partial charge is 0.493 e. The summed E-state index contributed by atoms with van der Waals surface area (Å²) >= 11 is 1.27. The fraction of sp³-hybridized carbons (Fsp3) is 0.389. The molecule has 8 heteroatoms. The molecule has 140 valence electrons. The van der Waals surface area contributed by atoms with Crippen LogP contribution in [0.15, 0.2) is 18.2 Å². The van der Waals surface area contributed by atoms with E-state index in [2.05, 4.69) is 4.98 Å². The molecule has 2 rings (SSSR count). The number of thiazole rings is 1. The molecule has 1 aromatic carbocycles. The third-order valence-electron chi connectivity index (χ3n) is 3.64. The topological polar surface area (TPSA) is 78.0 Å². The molecule has 26 heavy (non-hydrogen) atoms. The minimum atomic E-state index is -0.439. The van der Waals surface area contributed by atoms with Crippen molar-refractivity contribution in [1.29, 1.82) is 0 Å². The smallest absolute Gasteiger partial charge is 0.325 e. The fourth-order valence-electron chi connectivity index (χ4n) is 2.33. The monoisotopic (exact) mass is 378 g/mol. The van der Waals surface area contributed by atoms with E-state index in [0.29, 0.717) is 27.1 Å². The quantitative estimate of drug-likeness (QED) is 0.690. The Morgan fingerprint density at radius 1 is 1.19 bits per heavy atom. The normalized spacial score (nSPS) is 10.3. The summed E-state index contributed by atoms with van der Waals surface area (Å²) in [7, 11) is 4.70. The molecular formula is C18H22N2O5S. The molecule has 0 aliphatic rings. The van der Waals surface area contributed by atoms with Gasteiger partial charge in [-0.1, -0.05) is 0 Å². The molecule has 0 atom stereocenters. The first kappa shape index (κ1) is 19.7. The van der Waals surface area contributed by atoms with Crippen LogP contribution in [-0.4, -0.2) is 56.2 Å². The summed E-state index contributed by atoms with van der Waals surface area (Å²) in [6.45, 7) is 3.67. The second-order valence-corrected chi connectivity index (χ2v) is 6.47. The van der Waals surface area contributed by atoms with Crippen LogP contribution >= 0.6 is 11.3 Å². The Hall–Kier alpha value is -2.61. The molecule has 0 bridgehead atoms. The average molecular weight is 378 g/mol. The maximum atomic E-state index is 12.6. The predicted octanol–water partition coefficient (Wildman–Crippen LogP) is 2.77. The number of esters is 1. The number of amides is 1. The van der Waals surface area contributed by atoms with Crippen LogP contribution in [0.2, 0.25) is 0 Å². The Kier molecular flexibility index (Phi) is 6.57. The molecule has 0 saturated heterocycles. The van der Waals surface area contributed by atoms with Gasteiger partial charge < -0.3 is 19.1 Å². The van der Waals surface area contributed by atoms with Gasteiger partial charge in [-0.05, 0) is 32.0 Å². The van der Waals surface area contributed by atoms with Crippen molar-refractivity contribution >= 4 is 23.2 Å². The van der Waals surface area contributed by atoms with Gasteiger partial charge in [0, 0.05) is 12.6 Å². The van der Waals surface area contributed by atoms with Crippen molar-refractivity contribution in [3.8, 4) is 22.1 Å². The van der Waals surface area contributed by atoms with Gasteiger partial charge in [0.1, 0.15) is 16.4 Å². The van der Waals surface area contributed by atoms with Crippen molar-refractivity contribution in [3.63, 3.8) is 0 Å². The first-order valence-corrected chi connectivity index (χ1v) is 8.83. The van der Waals surface area contributed by atoms with Gasteiger partial charge in [-0.2, -0.15) is 0 Å². The van der Waals surface area contributed by atoms with Gasteiger partial charge in [0.2, 0.25) is 0 Å². The van der Waals surface area contributed by atoms with Gasteiger partial charge in [-0.15, -0.1) is 11.3 Å². The van der Waals surface area contributed by atoms with E-state index in [1.807, 2.05) is 12.1 Å². The van der Waals surface area contributed by atoms with Crippen LogP contribution in [-0.2, 0) is 9.53 Å². The summed E-state index contributed by atoms with van der Waals surface area (Å²) in [6, 6.07) is 5.46. The lowest BCUT2D eigenvalue weighted by Crippen LogP contribution is -2.32. The molecule has 0 unspecified atom stereocenters. The highest BCUT2D eigenvalue weighted by Crippen LogP contribution is 2.35. The molecule has 0 spiro atoms. The van der Waals surface area contributed by atoms with Crippen molar-refractivity contribution in [2.24, 2.45) is 0 Å². The summed E-state index contributed by atoms with van der Waals surface area (Å²) < 4.78 is 15.4. The molecule has 1 heterocycles. The summed E-state index contributed by atoms with van der Waals surface area (Å²) in [6.07, 6.45) is 0. The van der Waals surface area contributed by atoms with Gasteiger partial charge in [0.15, 0.2) is 11.5 Å². The Labute approximate surface area is 156 Å². The number of rotatable bonds is 7. The molecule has 1 aromatic heterocycles. The van der Waals surface area contributed by atoms with Crippen LogP contribution in [0.5, 0.6) is 11.5 Å². The van der Waals surface area contributed by atoms with E-state index in [0.717, 1.165) is 5.56 Å². The summed E-state index contributed by atoms with van der Waals surface area (Å²) in [5.74, 6) is 0.505. The molecular weight excluding hydrogens is 356 g/mol. The highest BCUT2D eigenvalue weighted by Gasteiger charge is 2.22. The van der Waals surface area contributed by atoms with Gasteiger partial charge in [-0.25, -0.2) is 4.98 Å². The second-order valence-electron chi connectivity index (χ2n) is 5.47. The van der Waals surface area contributed by atoms with E-state index < -0.39 is 5.97 Å². The molecule has 0 saturated carbocycles. The Bertz CT molecular complexity index is 803. The maximum Gasteiger partial charge on any atom is 0.325 e. The molecule has 0 radical (unpaired) electrons. The van der Waals surface area contributed by atoms with Crippen molar-refractivity contribution in [1.82, 2.24) is 9.88 Å². The maximum absolute atomic E-state index is 12.6. The van der Waals surface area contributed by atoms with Crippen LogP contribution < -0.4 is 9.47 Å². The van der Waals surface area contributed by atoms with Crippen molar-refractivity contribution in [2.75, 3.05) is 34.4 Å². The zero-order chi connectivity index (χ0) is 19.3. The highest BCUT2D eigenvalue weighted by molar-refractivity contribution is 7.17. The van der Waals surface area contributed by atoms with Gasteiger partial charge in [0.05, 0.1) is 26.5 Å². The van der Waals surface area contributed by atoms with Crippen molar-refractivity contribution in [2.45, 2.75) is 13.8 Å². The first-order valence-electron chi connectivity index (χ1n) is 8.02. The summed E-state index contributed by atoms with van der Waals surface area (Å²) in [5, 5.41) is 0.691. The Morgan fingerprint density at radius 2 is 1.88 bits per heavy atom. The number of likely N-dealkylation sites (N-methyl/N-ethyl adjacent to an activating group) is 1. The first-order chi connectivity index (χ1) is 12.4. The van der Waals surface area contributed by atoms with Crippen LogP contribution in [0.1, 0.15) is 22.3 Å². The van der Waals surface area contributed by atoms with Crippen LogP contribution in [0.4, 0.5) is 0 Å². The van der Waals surface area contributed by atoms with Crippen LogP contribution in [0.25, 0.3) is 10.6 Å². The zero-order valence-electron chi connectivity index (χ0n) is 15.5. The number of aromatic nitrogens is 1. The number of hydrogen-bond acceptors (Lipinski definition) is 7. The van der Waals surface area contributed by atoms with Gasteiger partial charge in [-0.3, -0.25) is 9.59 Å². The Morgan fingerprint density at radius 3 is 2.50 bits per heavy atom. The highest BCUT2D eigenvalue weighted by atomic mass is 32.1. The number of carbonyl (C=O) groups excluding carboxylic acids is 2. The van der Waals surface area contributed by atoms with Crippen LogP contribution in [0.3, 0.4) is 0 Å². The van der Waals surface area contributed by atoms with E-state index in [-0.39, 0.29) is 19.1 Å². The van der Waals surface area contributed by atoms with E-state index in [9.17, 15) is 9.59 Å². The number of nitrogens with zero attached hydrogens (tertiary/aromatic N) is 2. The number of carbonyl (C=O) groups is 2. The lowest BCUT2D eigenvalue weighted by atomic mass is 10.2. The van der Waals surface area contributed by atoms with E-state index in [1.165, 1.54) is 16.2 Å². The Balaban J connectivity index is 2.26. The lowest BCUT2D eigenvalue weighted by Gasteiger charge is -2.15. The molecule has 2 aromatic rings. The van der Waals surface area contributed by atoms with Gasteiger partial charge >= 0.3 is 5.97 Å². The number of aryl methyl sites for hydroxylation is 1. The average Bonchev–Trinajstić information content (AvgIpc) is 3.02. The number of methoxy groups -OCH3 is 2. The number of ether oxygens (including phenoxy) is 3. The molecule has 1 amide bonds. The third kappa shape index (κ3) is 4.32. The molecule has 0 aliphatic heterocycles. The molecule has 0 aliphatic carbocycles. The van der Waals surface area contributed by atoms with E-state index >= 15 is 0 Å². The van der Waals surface area contributed by atoms with Crippen LogP contribution in [0, 0.1) is 6.92 Å². The van der Waals surface area contributed by atoms with Crippen molar-refractivity contribution in [3.05, 3.63) is 28.8 Å². The summed E-state index contributed by atoms with van der Waals surface area (Å²) in [4.78, 5) is 30.5. The number of hydrogen-bond donors (Lipinski definition) is 0. The minimum Gasteiger partial charge on any atom is -0.493 e. The molecule has 0 fully saturated rings. The molecule has 0 N–H and O–H groups in total. The van der Waals surface area contributed by atoms with E-state index in [4.69, 9.17) is 14.2 Å². The SMILES string of the molecule is CCOC(=O)CN(C)C(=O)c1sc(-c2ccc(OC)c(OC)c2)nc1C. The third-order valence-corrected chi connectivity index (χ3v) is 4.83.